The summed E-state index contributed by atoms with van der Waals surface area (Å²) in [4.78, 5) is 24.9. The van der Waals surface area contributed by atoms with Crippen molar-refractivity contribution in [2.75, 3.05) is 13.7 Å². The van der Waals surface area contributed by atoms with Crippen molar-refractivity contribution in [3.05, 3.63) is 58.0 Å². The summed E-state index contributed by atoms with van der Waals surface area (Å²) >= 11 is 3.63. The number of methoxy groups -OCH3 is 1. The van der Waals surface area contributed by atoms with Crippen LogP contribution in [0.2, 0.25) is 0 Å². The minimum atomic E-state index is 0.344. The average molecular weight is 505 g/mol. The molecule has 3 aromatic heterocycles. The number of ether oxygens (including phenoxy) is 1. The number of fused-ring (bicyclic) bond motifs is 2. The van der Waals surface area contributed by atoms with Gasteiger partial charge in [-0.05, 0) is 79.0 Å². The third-order valence-corrected chi connectivity index (χ3v) is 9.42. The van der Waals surface area contributed by atoms with E-state index in [1.165, 1.54) is 38.4 Å². The molecule has 35 heavy (non-hydrogen) atoms. The number of thiophene rings is 1. The highest BCUT2D eigenvalue weighted by Crippen LogP contribution is 2.47. The van der Waals surface area contributed by atoms with E-state index in [1.807, 2.05) is 35.9 Å². The SMILES string of the molecule is COCCCCCC(=O)Cc1sc2c(c1-c1nc3cc(-c4ccncc4)ccc3s1)CCCC2C. The zero-order valence-corrected chi connectivity index (χ0v) is 22.1. The number of unbranched alkanes of at least 4 members (excludes halogenated alkanes) is 2. The predicted octanol–water partition coefficient (Wildman–Crippen LogP) is 7.85. The smallest absolute Gasteiger partial charge is 0.138 e. The minimum Gasteiger partial charge on any atom is -0.385 e. The van der Waals surface area contributed by atoms with Gasteiger partial charge >= 0.3 is 0 Å². The van der Waals surface area contributed by atoms with Crippen molar-refractivity contribution >= 4 is 38.7 Å². The highest BCUT2D eigenvalue weighted by molar-refractivity contribution is 7.22. The summed E-state index contributed by atoms with van der Waals surface area (Å²) in [5.41, 5.74) is 6.04. The van der Waals surface area contributed by atoms with Gasteiger partial charge in [0.1, 0.15) is 10.8 Å². The normalized spacial score (nSPS) is 15.4. The summed E-state index contributed by atoms with van der Waals surface area (Å²) in [6, 6.07) is 10.6. The molecule has 1 aliphatic carbocycles. The molecule has 4 nitrogen and oxygen atoms in total. The summed E-state index contributed by atoms with van der Waals surface area (Å²) in [6.45, 7) is 3.10. The first-order chi connectivity index (χ1) is 17.1. The Morgan fingerprint density at radius 2 is 1.94 bits per heavy atom. The molecule has 6 heteroatoms. The van der Waals surface area contributed by atoms with Crippen molar-refractivity contribution < 1.29 is 9.53 Å². The third kappa shape index (κ3) is 5.40. The number of hydrogen-bond donors (Lipinski definition) is 0. The number of carbonyl (C=O) groups is 1. The van der Waals surface area contributed by atoms with Crippen LogP contribution >= 0.6 is 22.7 Å². The molecule has 182 valence electrons. The Morgan fingerprint density at radius 1 is 1.09 bits per heavy atom. The standard InChI is InChI=1S/C29H32N2O2S2/c1-19-7-6-9-23-27(26(34-28(19)23)18-22(32)8-4-3-5-16-33-2)29-31-24-17-21(10-11-25(24)35-29)20-12-14-30-15-13-20/h10-15,17,19H,3-9,16,18H2,1-2H3. The van der Waals surface area contributed by atoms with Gasteiger partial charge in [-0.25, -0.2) is 4.98 Å². The van der Waals surface area contributed by atoms with Gasteiger partial charge in [-0.3, -0.25) is 9.78 Å². The van der Waals surface area contributed by atoms with E-state index < -0.39 is 0 Å². The van der Waals surface area contributed by atoms with Crippen LogP contribution < -0.4 is 0 Å². The van der Waals surface area contributed by atoms with Crippen LogP contribution in [0.5, 0.6) is 0 Å². The minimum absolute atomic E-state index is 0.344. The van der Waals surface area contributed by atoms with Gasteiger partial charge in [-0.15, -0.1) is 22.7 Å². The van der Waals surface area contributed by atoms with E-state index in [1.54, 1.807) is 18.4 Å². The lowest BCUT2D eigenvalue weighted by Gasteiger charge is -2.18. The second-order valence-corrected chi connectivity index (χ2v) is 11.7. The molecule has 0 saturated heterocycles. The van der Waals surface area contributed by atoms with Crippen molar-refractivity contribution in [1.29, 1.82) is 0 Å². The number of carbonyl (C=O) groups excluding carboxylic acids is 1. The van der Waals surface area contributed by atoms with Crippen LogP contribution in [0.3, 0.4) is 0 Å². The first-order valence-electron chi connectivity index (χ1n) is 12.6. The van der Waals surface area contributed by atoms with E-state index in [2.05, 4.69) is 30.1 Å². The molecule has 1 aliphatic rings. The topological polar surface area (TPSA) is 52.1 Å². The molecule has 0 fully saturated rings. The van der Waals surface area contributed by atoms with Gasteiger partial charge < -0.3 is 4.74 Å². The fourth-order valence-corrected chi connectivity index (χ4v) is 7.62. The molecule has 1 atom stereocenters. The van der Waals surface area contributed by atoms with Crippen LogP contribution in [-0.4, -0.2) is 29.5 Å². The van der Waals surface area contributed by atoms with Crippen LogP contribution in [0.15, 0.2) is 42.7 Å². The second-order valence-electron chi connectivity index (χ2n) is 9.49. The Morgan fingerprint density at radius 3 is 2.77 bits per heavy atom. The van der Waals surface area contributed by atoms with E-state index in [-0.39, 0.29) is 0 Å². The highest BCUT2D eigenvalue weighted by atomic mass is 32.1. The summed E-state index contributed by atoms with van der Waals surface area (Å²) in [6.07, 6.45) is 11.4. The largest absolute Gasteiger partial charge is 0.385 e. The Hall–Kier alpha value is -2.41. The number of rotatable bonds is 10. The number of thiazole rings is 1. The number of aromatic nitrogens is 2. The monoisotopic (exact) mass is 504 g/mol. The van der Waals surface area contributed by atoms with Crippen molar-refractivity contribution in [3.63, 3.8) is 0 Å². The maximum absolute atomic E-state index is 13.0. The van der Waals surface area contributed by atoms with E-state index in [0.29, 0.717) is 24.5 Å². The lowest BCUT2D eigenvalue weighted by Crippen LogP contribution is -2.05. The molecule has 0 bridgehead atoms. The van der Waals surface area contributed by atoms with Gasteiger partial charge in [-0.2, -0.15) is 0 Å². The molecular formula is C29H32N2O2S2. The van der Waals surface area contributed by atoms with Crippen LogP contribution in [0.25, 0.3) is 31.9 Å². The van der Waals surface area contributed by atoms with Crippen molar-refractivity contribution in [2.45, 2.75) is 64.2 Å². The van der Waals surface area contributed by atoms with Gasteiger partial charge in [0.15, 0.2) is 0 Å². The van der Waals surface area contributed by atoms with Gasteiger partial charge in [0.2, 0.25) is 0 Å². The second kappa shape index (κ2) is 11.1. The van der Waals surface area contributed by atoms with Gasteiger partial charge in [-0.1, -0.05) is 19.4 Å². The number of Topliss-reactive ketones (excluding diaryl/α,β-unsaturated/α-hetero) is 1. The zero-order chi connectivity index (χ0) is 24.2. The molecule has 0 radical (unpaired) electrons. The van der Waals surface area contributed by atoms with Crippen molar-refractivity contribution in [2.24, 2.45) is 0 Å². The fraction of sp³-hybridized carbons (Fsp3) is 0.414. The van der Waals surface area contributed by atoms with Crippen LogP contribution in [0.1, 0.15) is 66.7 Å². The lowest BCUT2D eigenvalue weighted by molar-refractivity contribution is -0.118. The quantitative estimate of drug-likeness (QED) is 0.206. The predicted molar refractivity (Wildman–Crippen MR) is 147 cm³/mol. The molecule has 5 rings (SSSR count). The van der Waals surface area contributed by atoms with Crippen LogP contribution in [0, 0.1) is 0 Å². The van der Waals surface area contributed by atoms with Gasteiger partial charge in [0, 0.05) is 54.3 Å². The molecule has 0 N–H and O–H groups in total. The van der Waals surface area contributed by atoms with Crippen LogP contribution in [-0.2, 0) is 22.4 Å². The Kier molecular flexibility index (Phi) is 7.71. The van der Waals surface area contributed by atoms with Gasteiger partial charge in [0.05, 0.1) is 10.2 Å². The van der Waals surface area contributed by atoms with E-state index in [4.69, 9.17) is 9.72 Å². The average Bonchev–Trinajstić information content (AvgIpc) is 3.45. The number of benzene rings is 1. The molecule has 0 spiro atoms. The number of ketones is 1. The molecule has 0 saturated carbocycles. The van der Waals surface area contributed by atoms with E-state index in [9.17, 15) is 4.79 Å². The maximum atomic E-state index is 13.0. The van der Waals surface area contributed by atoms with Crippen molar-refractivity contribution in [3.8, 4) is 21.7 Å². The first kappa shape index (κ1) is 24.3. The number of nitrogens with zero attached hydrogens (tertiary/aromatic N) is 2. The van der Waals surface area contributed by atoms with E-state index in [0.717, 1.165) is 53.9 Å². The molecule has 1 aromatic carbocycles. The Balaban J connectivity index is 1.45. The molecule has 3 heterocycles. The molecular weight excluding hydrogens is 472 g/mol. The van der Waals surface area contributed by atoms with Crippen LogP contribution in [0.4, 0.5) is 0 Å². The summed E-state index contributed by atoms with van der Waals surface area (Å²) < 4.78 is 6.32. The number of pyridine rings is 1. The highest BCUT2D eigenvalue weighted by Gasteiger charge is 2.28. The Labute approximate surface area is 215 Å². The summed E-state index contributed by atoms with van der Waals surface area (Å²) in [5, 5.41) is 1.07. The van der Waals surface area contributed by atoms with Gasteiger partial charge in [0.25, 0.3) is 0 Å². The summed E-state index contributed by atoms with van der Waals surface area (Å²) in [5.74, 6) is 0.907. The number of hydrogen-bond acceptors (Lipinski definition) is 6. The molecule has 0 amide bonds. The lowest BCUT2D eigenvalue weighted by atomic mass is 9.88. The molecule has 1 unspecified atom stereocenters. The third-order valence-electron chi connectivity index (χ3n) is 6.90. The zero-order valence-electron chi connectivity index (χ0n) is 20.5. The maximum Gasteiger partial charge on any atom is 0.138 e. The Bertz CT molecular complexity index is 1310. The molecule has 0 aliphatic heterocycles. The summed E-state index contributed by atoms with van der Waals surface area (Å²) in [7, 11) is 1.73. The molecule has 4 aromatic rings. The first-order valence-corrected chi connectivity index (χ1v) is 14.2. The van der Waals surface area contributed by atoms with E-state index >= 15 is 0 Å². The fourth-order valence-electron chi connectivity index (χ4n) is 5.04. The van der Waals surface area contributed by atoms with Crippen molar-refractivity contribution in [1.82, 2.24) is 9.97 Å².